The first-order valence-electron chi connectivity index (χ1n) is 17.1. The zero-order valence-electron chi connectivity index (χ0n) is 28.0. The van der Waals surface area contributed by atoms with Crippen LogP contribution in [0.25, 0.3) is 50.1 Å². The Balaban J connectivity index is 1.26. The fourth-order valence-corrected chi connectivity index (χ4v) is 7.31. The fourth-order valence-electron chi connectivity index (χ4n) is 7.31. The maximum absolute atomic E-state index is 7.43. The summed E-state index contributed by atoms with van der Waals surface area (Å²) in [5.41, 5.74) is 8.80. The van der Waals surface area contributed by atoms with Crippen LogP contribution in [0.3, 0.4) is 0 Å². The van der Waals surface area contributed by atoms with Crippen molar-refractivity contribution in [3.63, 3.8) is 0 Å². The average molecular weight is 667 g/mol. The molecule has 0 fully saturated rings. The van der Waals surface area contributed by atoms with Crippen LogP contribution in [0.15, 0.2) is 182 Å². The van der Waals surface area contributed by atoms with Crippen LogP contribution in [-0.2, 0) is 5.41 Å². The molecule has 1 aliphatic heterocycles. The van der Waals surface area contributed by atoms with Crippen molar-refractivity contribution in [2.24, 2.45) is 0 Å². The number of hydrogen-bond donors (Lipinski definition) is 0. The largest absolute Gasteiger partial charge is 0.456 e. The molecule has 9 rings (SSSR count). The van der Waals surface area contributed by atoms with Gasteiger partial charge < -0.3 is 4.74 Å². The molecule has 5 nitrogen and oxygen atoms in total. The first-order valence-corrected chi connectivity index (χ1v) is 17.1. The monoisotopic (exact) mass is 666 g/mol. The molecule has 0 bridgehead atoms. The molecule has 0 amide bonds. The van der Waals surface area contributed by atoms with Gasteiger partial charge in [0.15, 0.2) is 23.2 Å². The lowest BCUT2D eigenvalue weighted by molar-refractivity contribution is 0.436. The fraction of sp³-hybridized carbons (Fsp3) is 0.0213. The Morgan fingerprint density at radius 3 is 1.63 bits per heavy atom. The number of para-hydroxylation sites is 2. The maximum atomic E-state index is 7.43. The number of nitrogens with zero attached hydrogens (tertiary/aromatic N) is 4. The summed E-state index contributed by atoms with van der Waals surface area (Å²) in [4.78, 5) is 18.9. The van der Waals surface area contributed by atoms with Crippen molar-refractivity contribution in [1.82, 2.24) is 15.0 Å². The van der Waals surface area contributed by atoms with E-state index in [-0.39, 0.29) is 0 Å². The van der Waals surface area contributed by atoms with Gasteiger partial charge in [0.05, 0.1) is 17.6 Å². The van der Waals surface area contributed by atoms with E-state index >= 15 is 0 Å². The van der Waals surface area contributed by atoms with Crippen LogP contribution in [0.2, 0.25) is 0 Å². The predicted molar refractivity (Wildman–Crippen MR) is 206 cm³/mol. The quantitative estimate of drug-likeness (QED) is 0.166. The first-order chi connectivity index (χ1) is 25.7. The van der Waals surface area contributed by atoms with Crippen molar-refractivity contribution in [1.29, 1.82) is 0 Å². The first kappa shape index (κ1) is 30.9. The van der Waals surface area contributed by atoms with Crippen LogP contribution >= 0.6 is 0 Å². The van der Waals surface area contributed by atoms with Gasteiger partial charge in [-0.3, -0.25) is 0 Å². The van der Waals surface area contributed by atoms with E-state index < -0.39 is 5.41 Å². The minimum absolute atomic E-state index is 0.518. The van der Waals surface area contributed by atoms with E-state index in [2.05, 4.69) is 89.8 Å². The summed E-state index contributed by atoms with van der Waals surface area (Å²) in [7, 11) is 0. The highest BCUT2D eigenvalue weighted by molar-refractivity contribution is 5.79. The molecule has 0 unspecified atom stereocenters. The lowest BCUT2D eigenvalue weighted by atomic mass is 9.63. The highest BCUT2D eigenvalue weighted by Gasteiger charge is 2.46. The van der Waals surface area contributed by atoms with Crippen LogP contribution in [0, 0.1) is 6.57 Å². The lowest BCUT2D eigenvalue weighted by Gasteiger charge is -2.42. The van der Waals surface area contributed by atoms with Gasteiger partial charge in [-0.25, -0.2) is 19.8 Å². The zero-order valence-corrected chi connectivity index (χ0v) is 28.0. The molecular weight excluding hydrogens is 637 g/mol. The molecule has 8 aromatic rings. The van der Waals surface area contributed by atoms with E-state index in [0.29, 0.717) is 28.9 Å². The molecule has 5 heteroatoms. The SMILES string of the molecule is [C-]#[N+]c1cccc(-c2ccc(-c3nc(-c4ccccc4)nc(-c4cccc5c4Oc4ccccc4C5(c4ccccc4)c4ccccc4)n3)cc2)c1. The van der Waals surface area contributed by atoms with Gasteiger partial charge in [0.25, 0.3) is 0 Å². The smallest absolute Gasteiger partial charge is 0.187 e. The molecule has 52 heavy (non-hydrogen) atoms. The van der Waals surface area contributed by atoms with Crippen molar-refractivity contribution < 1.29 is 4.74 Å². The third kappa shape index (κ3) is 5.22. The molecule has 0 aliphatic carbocycles. The number of fused-ring (bicyclic) bond motifs is 2. The standard InChI is InChI=1S/C47H30N4O/c1-48-38-22-13-17-35(31-38)32-27-29-34(30-28-32)45-49-44(33-15-5-2-6-16-33)50-46(51-45)39-23-14-25-41-43(39)52-42-26-12-11-24-40(42)47(41,36-18-7-3-8-19-36)37-20-9-4-10-21-37/h2-31H. The van der Waals surface area contributed by atoms with Crippen molar-refractivity contribution in [2.75, 3.05) is 0 Å². The second-order valence-electron chi connectivity index (χ2n) is 12.7. The third-order valence-corrected chi connectivity index (χ3v) is 9.70. The Bertz CT molecular complexity index is 2560. The number of ether oxygens (including phenoxy) is 1. The summed E-state index contributed by atoms with van der Waals surface area (Å²) in [6, 6.07) is 61.6. The Morgan fingerprint density at radius 2 is 0.962 bits per heavy atom. The van der Waals surface area contributed by atoms with Gasteiger partial charge in [0, 0.05) is 22.3 Å². The topological polar surface area (TPSA) is 52.3 Å². The number of aromatic nitrogens is 3. The van der Waals surface area contributed by atoms with E-state index in [1.54, 1.807) is 0 Å². The van der Waals surface area contributed by atoms with Gasteiger partial charge >= 0.3 is 0 Å². The number of benzene rings is 7. The second kappa shape index (κ2) is 12.9. The highest BCUT2D eigenvalue weighted by atomic mass is 16.5. The van der Waals surface area contributed by atoms with Gasteiger partial charge in [-0.2, -0.15) is 0 Å². The molecule has 1 aliphatic rings. The van der Waals surface area contributed by atoms with E-state index in [0.717, 1.165) is 55.8 Å². The predicted octanol–water partition coefficient (Wildman–Crippen LogP) is 11.6. The van der Waals surface area contributed by atoms with Crippen LogP contribution in [0.1, 0.15) is 22.3 Å². The van der Waals surface area contributed by atoms with Gasteiger partial charge in [0.2, 0.25) is 0 Å². The molecular formula is C47H30N4O. The van der Waals surface area contributed by atoms with E-state index in [1.165, 1.54) is 0 Å². The number of hydrogen-bond acceptors (Lipinski definition) is 4. The molecule has 0 saturated carbocycles. The average Bonchev–Trinajstić information content (AvgIpc) is 3.23. The van der Waals surface area contributed by atoms with Crippen molar-refractivity contribution in [3.8, 4) is 56.8 Å². The Labute approximate surface area is 302 Å². The van der Waals surface area contributed by atoms with Crippen molar-refractivity contribution >= 4 is 5.69 Å². The summed E-state index contributed by atoms with van der Waals surface area (Å²) in [5, 5.41) is 0. The van der Waals surface area contributed by atoms with Gasteiger partial charge in [-0.05, 0) is 40.5 Å². The summed E-state index contributed by atoms with van der Waals surface area (Å²) in [5.74, 6) is 3.13. The summed E-state index contributed by atoms with van der Waals surface area (Å²) >= 11 is 0. The molecule has 7 aromatic carbocycles. The van der Waals surface area contributed by atoms with E-state index in [4.69, 9.17) is 26.3 Å². The molecule has 0 radical (unpaired) electrons. The molecule has 0 atom stereocenters. The van der Waals surface area contributed by atoms with Gasteiger partial charge in [0.1, 0.15) is 11.5 Å². The Hall–Kier alpha value is -7.16. The molecule has 1 aromatic heterocycles. The maximum Gasteiger partial charge on any atom is 0.187 e. The summed E-state index contributed by atoms with van der Waals surface area (Å²) < 4.78 is 6.91. The second-order valence-corrected chi connectivity index (χ2v) is 12.7. The minimum Gasteiger partial charge on any atom is -0.456 e. The molecule has 0 N–H and O–H groups in total. The zero-order chi connectivity index (χ0) is 34.9. The number of rotatable bonds is 6. The Kier molecular flexibility index (Phi) is 7.68. The third-order valence-electron chi connectivity index (χ3n) is 9.70. The van der Waals surface area contributed by atoms with Gasteiger partial charge in [-0.15, -0.1) is 0 Å². The minimum atomic E-state index is -0.665. The Morgan fingerprint density at radius 1 is 0.442 bits per heavy atom. The normalized spacial score (nSPS) is 12.5. The summed E-state index contributed by atoms with van der Waals surface area (Å²) in [6.45, 7) is 7.43. The lowest BCUT2D eigenvalue weighted by Crippen LogP contribution is -2.34. The van der Waals surface area contributed by atoms with Crippen LogP contribution in [0.4, 0.5) is 5.69 Å². The van der Waals surface area contributed by atoms with Crippen LogP contribution in [0.5, 0.6) is 11.5 Å². The van der Waals surface area contributed by atoms with E-state index in [1.807, 2.05) is 97.1 Å². The van der Waals surface area contributed by atoms with Crippen LogP contribution < -0.4 is 4.74 Å². The van der Waals surface area contributed by atoms with Crippen LogP contribution in [-0.4, -0.2) is 15.0 Å². The van der Waals surface area contributed by atoms with Crippen molar-refractivity contribution in [3.05, 3.63) is 216 Å². The molecule has 2 heterocycles. The summed E-state index contributed by atoms with van der Waals surface area (Å²) in [6.07, 6.45) is 0. The molecule has 0 spiro atoms. The molecule has 244 valence electrons. The molecule has 0 saturated heterocycles. The van der Waals surface area contributed by atoms with E-state index in [9.17, 15) is 0 Å². The van der Waals surface area contributed by atoms with Crippen molar-refractivity contribution in [2.45, 2.75) is 5.41 Å². The van der Waals surface area contributed by atoms with Gasteiger partial charge in [-0.1, -0.05) is 164 Å². The highest BCUT2D eigenvalue weighted by Crippen LogP contribution is 2.57.